The number of nitro groups is 1. The predicted molar refractivity (Wildman–Crippen MR) is 58.2 cm³/mol. The number of hydrogen-bond donors (Lipinski definition) is 1. The van der Waals surface area contributed by atoms with Gasteiger partial charge in [0.15, 0.2) is 0 Å². The summed E-state index contributed by atoms with van der Waals surface area (Å²) in [5, 5.41) is 12.6. The van der Waals surface area contributed by atoms with Crippen LogP contribution in [0.1, 0.15) is 24.2 Å². The SMILES string of the molecule is CC(C)C(=O)NC(=O)c1cncc([N+](=O)[O-])c1. The van der Waals surface area contributed by atoms with Crippen molar-refractivity contribution in [2.75, 3.05) is 0 Å². The molecule has 0 spiro atoms. The van der Waals surface area contributed by atoms with Crippen molar-refractivity contribution in [2.24, 2.45) is 5.92 Å². The molecule has 1 aromatic heterocycles. The van der Waals surface area contributed by atoms with Crippen molar-refractivity contribution < 1.29 is 14.5 Å². The topological polar surface area (TPSA) is 102 Å². The second-order valence-corrected chi connectivity index (χ2v) is 3.66. The molecule has 0 aromatic carbocycles. The van der Waals surface area contributed by atoms with Gasteiger partial charge in [0.05, 0.1) is 10.5 Å². The Hall–Kier alpha value is -2.31. The number of carbonyl (C=O) groups excluding carboxylic acids is 2. The first kappa shape index (κ1) is 12.8. The lowest BCUT2D eigenvalue weighted by Crippen LogP contribution is -2.33. The second-order valence-electron chi connectivity index (χ2n) is 3.66. The Morgan fingerprint density at radius 1 is 1.41 bits per heavy atom. The lowest BCUT2D eigenvalue weighted by Gasteiger charge is -2.05. The molecule has 0 atom stereocenters. The van der Waals surface area contributed by atoms with Crippen LogP contribution in [0.4, 0.5) is 5.69 Å². The van der Waals surface area contributed by atoms with Crippen molar-refractivity contribution in [1.29, 1.82) is 0 Å². The van der Waals surface area contributed by atoms with Gasteiger partial charge in [0.1, 0.15) is 6.20 Å². The van der Waals surface area contributed by atoms with Crippen molar-refractivity contribution in [1.82, 2.24) is 10.3 Å². The number of nitrogens with zero attached hydrogens (tertiary/aromatic N) is 2. The van der Waals surface area contributed by atoms with Gasteiger partial charge >= 0.3 is 0 Å². The minimum Gasteiger partial charge on any atom is -0.292 e. The molecule has 0 fully saturated rings. The van der Waals surface area contributed by atoms with Crippen LogP contribution >= 0.6 is 0 Å². The molecular formula is C10H11N3O4. The van der Waals surface area contributed by atoms with Gasteiger partial charge < -0.3 is 0 Å². The summed E-state index contributed by atoms with van der Waals surface area (Å²) in [6.07, 6.45) is 2.19. The van der Waals surface area contributed by atoms with Gasteiger partial charge in [-0.3, -0.25) is 30.0 Å². The van der Waals surface area contributed by atoms with E-state index in [4.69, 9.17) is 0 Å². The first-order valence-electron chi connectivity index (χ1n) is 4.86. The fourth-order valence-corrected chi connectivity index (χ4v) is 0.980. The van der Waals surface area contributed by atoms with Crippen molar-refractivity contribution in [2.45, 2.75) is 13.8 Å². The first-order valence-corrected chi connectivity index (χ1v) is 4.86. The largest absolute Gasteiger partial charge is 0.292 e. The lowest BCUT2D eigenvalue weighted by atomic mass is 10.2. The molecule has 7 nitrogen and oxygen atoms in total. The summed E-state index contributed by atoms with van der Waals surface area (Å²) in [5.74, 6) is -1.48. The van der Waals surface area contributed by atoms with Crippen molar-refractivity contribution >= 4 is 17.5 Å². The molecular weight excluding hydrogens is 226 g/mol. The quantitative estimate of drug-likeness (QED) is 0.621. The third-order valence-corrected chi connectivity index (χ3v) is 1.96. The zero-order valence-corrected chi connectivity index (χ0v) is 9.34. The van der Waals surface area contributed by atoms with Gasteiger partial charge in [-0.05, 0) is 0 Å². The van der Waals surface area contributed by atoms with Gasteiger partial charge in [-0.15, -0.1) is 0 Å². The molecule has 0 aliphatic carbocycles. The summed E-state index contributed by atoms with van der Waals surface area (Å²) < 4.78 is 0. The van der Waals surface area contributed by atoms with Gasteiger partial charge in [-0.25, -0.2) is 0 Å². The number of pyridine rings is 1. The molecule has 0 aliphatic rings. The Morgan fingerprint density at radius 2 is 2.06 bits per heavy atom. The van der Waals surface area contributed by atoms with Gasteiger partial charge in [0, 0.05) is 18.2 Å². The standard InChI is InChI=1S/C10H11N3O4/c1-6(2)9(14)12-10(15)7-3-8(13(16)17)5-11-4-7/h3-6H,1-2H3,(H,12,14,15). The molecule has 0 saturated carbocycles. The average Bonchev–Trinajstić information content (AvgIpc) is 2.28. The number of rotatable bonds is 3. The van der Waals surface area contributed by atoms with E-state index in [0.717, 1.165) is 18.5 Å². The molecule has 1 heterocycles. The average molecular weight is 237 g/mol. The highest BCUT2D eigenvalue weighted by Crippen LogP contribution is 2.10. The number of hydrogen-bond acceptors (Lipinski definition) is 5. The second kappa shape index (κ2) is 5.15. The van der Waals surface area contributed by atoms with Crippen LogP contribution < -0.4 is 5.32 Å². The highest BCUT2D eigenvalue weighted by molar-refractivity contribution is 6.05. The van der Waals surface area contributed by atoms with Crippen LogP contribution in [-0.2, 0) is 4.79 Å². The molecule has 0 saturated heterocycles. The molecule has 1 aromatic rings. The maximum atomic E-state index is 11.5. The van der Waals surface area contributed by atoms with Crippen LogP contribution in [-0.4, -0.2) is 21.7 Å². The normalized spacial score (nSPS) is 10.1. The summed E-state index contributed by atoms with van der Waals surface area (Å²) in [6, 6.07) is 1.07. The van der Waals surface area contributed by atoms with E-state index in [1.807, 2.05) is 0 Å². The zero-order valence-electron chi connectivity index (χ0n) is 9.34. The van der Waals surface area contributed by atoms with Gasteiger partial charge in [0.25, 0.3) is 11.6 Å². The van der Waals surface area contributed by atoms with Gasteiger partial charge in [-0.2, -0.15) is 0 Å². The zero-order chi connectivity index (χ0) is 13.0. The molecule has 0 radical (unpaired) electrons. The molecule has 1 rings (SSSR count). The van der Waals surface area contributed by atoms with E-state index in [0.29, 0.717) is 0 Å². The van der Waals surface area contributed by atoms with E-state index >= 15 is 0 Å². The smallest absolute Gasteiger partial charge is 0.288 e. The van der Waals surface area contributed by atoms with E-state index in [1.54, 1.807) is 13.8 Å². The molecule has 1 N–H and O–H groups in total. The maximum Gasteiger partial charge on any atom is 0.288 e. The summed E-state index contributed by atoms with van der Waals surface area (Å²) in [7, 11) is 0. The van der Waals surface area contributed by atoms with Crippen LogP contribution in [0.15, 0.2) is 18.5 Å². The Balaban J connectivity index is 2.86. The van der Waals surface area contributed by atoms with Crippen LogP contribution in [0.2, 0.25) is 0 Å². The monoisotopic (exact) mass is 237 g/mol. The van der Waals surface area contributed by atoms with Crippen LogP contribution in [0.5, 0.6) is 0 Å². The van der Waals surface area contributed by atoms with E-state index in [-0.39, 0.29) is 17.2 Å². The summed E-state index contributed by atoms with van der Waals surface area (Å²) in [5.41, 5.74) is -0.317. The number of aromatic nitrogens is 1. The number of amides is 2. The van der Waals surface area contributed by atoms with E-state index in [9.17, 15) is 19.7 Å². The van der Waals surface area contributed by atoms with Crippen molar-refractivity contribution in [3.05, 3.63) is 34.1 Å². The minimum absolute atomic E-state index is 0.0202. The van der Waals surface area contributed by atoms with Crippen LogP contribution in [0, 0.1) is 16.0 Å². The molecule has 0 aliphatic heterocycles. The Labute approximate surface area is 97.0 Å². The number of imide groups is 1. The first-order chi connectivity index (χ1) is 7.91. The molecule has 7 heteroatoms. The molecule has 2 amide bonds. The fraction of sp³-hybridized carbons (Fsp3) is 0.300. The van der Waals surface area contributed by atoms with E-state index in [2.05, 4.69) is 10.3 Å². The Bertz CT molecular complexity index is 470. The summed E-state index contributed by atoms with van der Waals surface area (Å²) in [4.78, 5) is 36.2. The Morgan fingerprint density at radius 3 is 2.59 bits per heavy atom. The van der Waals surface area contributed by atoms with Gasteiger partial charge in [-0.1, -0.05) is 13.8 Å². The predicted octanol–water partition coefficient (Wildman–Crippen LogP) is 0.902. The molecule has 0 unspecified atom stereocenters. The molecule has 17 heavy (non-hydrogen) atoms. The summed E-state index contributed by atoms with van der Waals surface area (Å²) >= 11 is 0. The number of nitrogens with one attached hydrogen (secondary N) is 1. The highest BCUT2D eigenvalue weighted by atomic mass is 16.6. The minimum atomic E-state index is -0.695. The molecule has 90 valence electrons. The third-order valence-electron chi connectivity index (χ3n) is 1.96. The van der Waals surface area contributed by atoms with Crippen LogP contribution in [0.3, 0.4) is 0 Å². The Kier molecular flexibility index (Phi) is 3.86. The van der Waals surface area contributed by atoms with Gasteiger partial charge in [0.2, 0.25) is 5.91 Å². The van der Waals surface area contributed by atoms with E-state index in [1.165, 1.54) is 0 Å². The van der Waals surface area contributed by atoms with Crippen molar-refractivity contribution in [3.8, 4) is 0 Å². The summed E-state index contributed by atoms with van der Waals surface area (Å²) in [6.45, 7) is 3.27. The highest BCUT2D eigenvalue weighted by Gasteiger charge is 2.16. The third kappa shape index (κ3) is 3.33. The number of carbonyl (C=O) groups is 2. The fourth-order valence-electron chi connectivity index (χ4n) is 0.980. The van der Waals surface area contributed by atoms with E-state index < -0.39 is 16.7 Å². The van der Waals surface area contributed by atoms with Crippen LogP contribution in [0.25, 0.3) is 0 Å². The lowest BCUT2D eigenvalue weighted by molar-refractivity contribution is -0.385. The van der Waals surface area contributed by atoms with Crippen molar-refractivity contribution in [3.63, 3.8) is 0 Å². The maximum absolute atomic E-state index is 11.5. The molecule has 0 bridgehead atoms.